The molecule has 0 aliphatic heterocycles. The van der Waals surface area contributed by atoms with E-state index in [9.17, 15) is 0 Å². The van der Waals surface area contributed by atoms with Crippen molar-refractivity contribution in [3.8, 4) is 17.1 Å². The third-order valence-corrected chi connectivity index (χ3v) is 2.93. The molecule has 1 heterocycles. The molecule has 1 aromatic carbocycles. The van der Waals surface area contributed by atoms with Crippen molar-refractivity contribution < 1.29 is 9.15 Å². The first kappa shape index (κ1) is 13.0. The van der Waals surface area contributed by atoms with Crippen molar-refractivity contribution >= 4 is 11.6 Å². The van der Waals surface area contributed by atoms with E-state index < -0.39 is 0 Å². The average Bonchev–Trinajstić information content (AvgIpc) is 2.87. The number of hydrogen-bond donors (Lipinski definition) is 0. The number of oxazole rings is 1. The lowest BCUT2D eigenvalue weighted by atomic mass is 10.2. The van der Waals surface area contributed by atoms with E-state index in [4.69, 9.17) is 20.8 Å². The third kappa shape index (κ3) is 3.05. The number of nitrogens with zero attached hydrogens (tertiary/aromatic N) is 1. The number of benzene rings is 1. The highest BCUT2D eigenvalue weighted by Crippen LogP contribution is 2.25. The highest BCUT2D eigenvalue weighted by atomic mass is 35.5. The molecular formula is C14H16ClNO2. The Morgan fingerprint density at radius 2 is 2.28 bits per heavy atom. The molecule has 0 aliphatic rings. The number of rotatable bonds is 5. The van der Waals surface area contributed by atoms with Crippen LogP contribution in [0.1, 0.15) is 26.2 Å². The lowest BCUT2D eigenvalue weighted by molar-refractivity contribution is 0.217. The van der Waals surface area contributed by atoms with Crippen LogP contribution in [0.5, 0.6) is 5.75 Å². The number of alkyl halides is 1. The summed E-state index contributed by atoms with van der Waals surface area (Å²) in [7, 11) is 0. The molecule has 1 aromatic heterocycles. The van der Waals surface area contributed by atoms with Crippen molar-refractivity contribution in [2.45, 2.75) is 32.3 Å². The Balaban J connectivity index is 2.21. The molecule has 1 atom stereocenters. The van der Waals surface area contributed by atoms with Gasteiger partial charge in [-0.2, -0.15) is 0 Å². The lowest BCUT2D eigenvalue weighted by Crippen LogP contribution is -2.09. The first-order valence-corrected chi connectivity index (χ1v) is 6.54. The standard InChI is InChI=1S/C14H16ClNO2/c1-3-10(2)17-12-6-4-5-11(7-12)13-9-16-14(8-15)18-13/h4-7,9-10H,3,8H2,1-2H3. The first-order chi connectivity index (χ1) is 8.72. The van der Waals surface area contributed by atoms with Gasteiger partial charge in [0.05, 0.1) is 18.2 Å². The Kier molecular flexibility index (Phi) is 4.26. The van der Waals surface area contributed by atoms with Crippen molar-refractivity contribution in [2.24, 2.45) is 0 Å². The molecule has 1 unspecified atom stereocenters. The largest absolute Gasteiger partial charge is 0.491 e. The van der Waals surface area contributed by atoms with Crippen LogP contribution >= 0.6 is 11.6 Å². The minimum atomic E-state index is 0.202. The van der Waals surface area contributed by atoms with Gasteiger partial charge in [-0.15, -0.1) is 11.6 Å². The van der Waals surface area contributed by atoms with Gasteiger partial charge < -0.3 is 9.15 Å². The second kappa shape index (κ2) is 5.91. The van der Waals surface area contributed by atoms with Crippen LogP contribution in [0, 0.1) is 0 Å². The van der Waals surface area contributed by atoms with Crippen molar-refractivity contribution in [1.29, 1.82) is 0 Å². The minimum Gasteiger partial charge on any atom is -0.491 e. The predicted molar refractivity (Wildman–Crippen MR) is 71.9 cm³/mol. The Bertz CT molecular complexity index is 510. The zero-order valence-electron chi connectivity index (χ0n) is 10.5. The molecule has 2 aromatic rings. The van der Waals surface area contributed by atoms with Crippen LogP contribution in [-0.2, 0) is 5.88 Å². The summed E-state index contributed by atoms with van der Waals surface area (Å²) >= 11 is 5.67. The summed E-state index contributed by atoms with van der Waals surface area (Å²) in [4.78, 5) is 4.08. The molecule has 0 aliphatic carbocycles. The maximum absolute atomic E-state index is 5.77. The van der Waals surface area contributed by atoms with Crippen LogP contribution in [0.3, 0.4) is 0 Å². The van der Waals surface area contributed by atoms with Gasteiger partial charge in [0, 0.05) is 5.56 Å². The SMILES string of the molecule is CCC(C)Oc1cccc(-c2cnc(CCl)o2)c1. The molecule has 0 saturated carbocycles. The Morgan fingerprint density at radius 3 is 2.94 bits per heavy atom. The van der Waals surface area contributed by atoms with Gasteiger partial charge in [0.25, 0.3) is 0 Å². The number of aromatic nitrogens is 1. The molecule has 0 spiro atoms. The van der Waals surface area contributed by atoms with E-state index in [1.54, 1.807) is 6.20 Å². The van der Waals surface area contributed by atoms with Crippen molar-refractivity contribution in [1.82, 2.24) is 4.98 Å². The van der Waals surface area contributed by atoms with Crippen LogP contribution in [-0.4, -0.2) is 11.1 Å². The Hall–Kier alpha value is -1.48. The van der Waals surface area contributed by atoms with Crippen molar-refractivity contribution in [3.05, 3.63) is 36.4 Å². The van der Waals surface area contributed by atoms with Gasteiger partial charge in [-0.1, -0.05) is 19.1 Å². The second-order valence-electron chi connectivity index (χ2n) is 4.12. The van der Waals surface area contributed by atoms with E-state index in [1.807, 2.05) is 31.2 Å². The summed E-state index contributed by atoms with van der Waals surface area (Å²) in [6.07, 6.45) is 2.86. The fourth-order valence-corrected chi connectivity index (χ4v) is 1.67. The molecule has 0 fully saturated rings. The monoisotopic (exact) mass is 265 g/mol. The molecular weight excluding hydrogens is 250 g/mol. The predicted octanol–water partition coefficient (Wildman–Crippen LogP) is 4.26. The summed E-state index contributed by atoms with van der Waals surface area (Å²) in [5.74, 6) is 2.36. The highest BCUT2D eigenvalue weighted by molar-refractivity contribution is 6.16. The highest BCUT2D eigenvalue weighted by Gasteiger charge is 2.07. The smallest absolute Gasteiger partial charge is 0.209 e. The summed E-state index contributed by atoms with van der Waals surface area (Å²) in [5, 5.41) is 0. The van der Waals surface area contributed by atoms with Gasteiger partial charge in [0.1, 0.15) is 5.75 Å². The number of hydrogen-bond acceptors (Lipinski definition) is 3. The molecule has 0 radical (unpaired) electrons. The quantitative estimate of drug-likeness (QED) is 0.758. The average molecular weight is 266 g/mol. The number of ether oxygens (including phenoxy) is 1. The van der Waals surface area contributed by atoms with Gasteiger partial charge in [-0.25, -0.2) is 4.98 Å². The van der Waals surface area contributed by atoms with Gasteiger partial charge in [0.2, 0.25) is 5.89 Å². The normalized spacial score (nSPS) is 12.4. The fraction of sp³-hybridized carbons (Fsp3) is 0.357. The number of halogens is 1. The molecule has 18 heavy (non-hydrogen) atoms. The molecule has 0 saturated heterocycles. The summed E-state index contributed by atoms with van der Waals surface area (Å²) in [5.41, 5.74) is 0.944. The molecule has 3 nitrogen and oxygen atoms in total. The maximum Gasteiger partial charge on any atom is 0.209 e. The van der Waals surface area contributed by atoms with Gasteiger partial charge in [0.15, 0.2) is 5.76 Å². The van der Waals surface area contributed by atoms with Gasteiger partial charge in [-0.05, 0) is 25.5 Å². The minimum absolute atomic E-state index is 0.202. The Labute approximate surface area is 112 Å². The van der Waals surface area contributed by atoms with Crippen LogP contribution in [0.4, 0.5) is 0 Å². The van der Waals surface area contributed by atoms with E-state index in [2.05, 4.69) is 11.9 Å². The molecule has 2 rings (SSSR count). The topological polar surface area (TPSA) is 35.3 Å². The van der Waals surface area contributed by atoms with E-state index in [-0.39, 0.29) is 12.0 Å². The van der Waals surface area contributed by atoms with Gasteiger partial charge in [-0.3, -0.25) is 0 Å². The zero-order valence-corrected chi connectivity index (χ0v) is 11.3. The third-order valence-electron chi connectivity index (χ3n) is 2.70. The maximum atomic E-state index is 5.77. The summed E-state index contributed by atoms with van der Waals surface area (Å²) < 4.78 is 11.3. The van der Waals surface area contributed by atoms with E-state index in [1.165, 1.54) is 0 Å². The molecule has 0 bridgehead atoms. The van der Waals surface area contributed by atoms with E-state index in [0.717, 1.165) is 17.7 Å². The molecule has 0 N–H and O–H groups in total. The van der Waals surface area contributed by atoms with E-state index >= 15 is 0 Å². The van der Waals surface area contributed by atoms with Crippen LogP contribution in [0.2, 0.25) is 0 Å². The Morgan fingerprint density at radius 1 is 1.44 bits per heavy atom. The lowest BCUT2D eigenvalue weighted by Gasteiger charge is -2.12. The zero-order chi connectivity index (χ0) is 13.0. The molecule has 96 valence electrons. The van der Waals surface area contributed by atoms with E-state index in [0.29, 0.717) is 11.7 Å². The van der Waals surface area contributed by atoms with Crippen molar-refractivity contribution in [3.63, 3.8) is 0 Å². The van der Waals surface area contributed by atoms with Crippen molar-refractivity contribution in [2.75, 3.05) is 0 Å². The fourth-order valence-electron chi connectivity index (χ4n) is 1.54. The summed E-state index contributed by atoms with van der Waals surface area (Å²) in [6.45, 7) is 4.14. The second-order valence-corrected chi connectivity index (χ2v) is 4.38. The van der Waals surface area contributed by atoms with Gasteiger partial charge >= 0.3 is 0 Å². The van der Waals surface area contributed by atoms with Crippen LogP contribution in [0.25, 0.3) is 11.3 Å². The van der Waals surface area contributed by atoms with Crippen LogP contribution in [0.15, 0.2) is 34.9 Å². The molecule has 0 amide bonds. The first-order valence-electron chi connectivity index (χ1n) is 6.00. The van der Waals surface area contributed by atoms with Crippen LogP contribution < -0.4 is 4.74 Å². The summed E-state index contributed by atoms with van der Waals surface area (Å²) in [6, 6.07) is 7.79. The molecule has 4 heteroatoms.